The molecule has 0 saturated carbocycles. The average Bonchev–Trinajstić information content (AvgIpc) is 2.22. The topological polar surface area (TPSA) is 49.4 Å². The summed E-state index contributed by atoms with van der Waals surface area (Å²) in [4.78, 5) is 26.3. The van der Waals surface area contributed by atoms with E-state index in [9.17, 15) is 9.59 Å². The second kappa shape index (κ2) is 5.93. The summed E-state index contributed by atoms with van der Waals surface area (Å²) in [5.74, 6) is 0.645. The van der Waals surface area contributed by atoms with Crippen LogP contribution in [-0.4, -0.2) is 35.3 Å². The van der Waals surface area contributed by atoms with Crippen LogP contribution in [0.25, 0.3) is 0 Å². The van der Waals surface area contributed by atoms with Gasteiger partial charge in [0.25, 0.3) is 0 Å². The van der Waals surface area contributed by atoms with Crippen LogP contribution in [0.3, 0.4) is 0 Å². The van der Waals surface area contributed by atoms with E-state index >= 15 is 0 Å². The maximum atomic E-state index is 12.3. The largest absolute Gasteiger partial charge is 0.343 e. The highest BCUT2D eigenvalue weighted by atomic mass is 16.2. The van der Waals surface area contributed by atoms with Crippen LogP contribution in [0, 0.1) is 11.3 Å². The highest BCUT2D eigenvalue weighted by Gasteiger charge is 2.44. The number of carbonyl (C=O) groups excluding carboxylic acids is 2. The minimum atomic E-state index is -0.398. The number of amides is 2. The molecular weight excluding hydrogens is 240 g/mol. The molecule has 1 aliphatic rings. The Morgan fingerprint density at radius 1 is 1.26 bits per heavy atom. The van der Waals surface area contributed by atoms with Crippen LogP contribution in [0.2, 0.25) is 0 Å². The highest BCUT2D eigenvalue weighted by Crippen LogP contribution is 2.28. The SMILES string of the molecule is CC(C)CCCN1C(=O)C(C)NC(=O)C1C(C)(C)C. The van der Waals surface area contributed by atoms with Crippen molar-refractivity contribution < 1.29 is 9.59 Å². The first-order valence-corrected chi connectivity index (χ1v) is 7.25. The number of hydrogen-bond donors (Lipinski definition) is 1. The Morgan fingerprint density at radius 2 is 1.84 bits per heavy atom. The molecular formula is C15H28N2O2. The van der Waals surface area contributed by atoms with Gasteiger partial charge in [0.1, 0.15) is 12.1 Å². The fraction of sp³-hybridized carbons (Fsp3) is 0.867. The van der Waals surface area contributed by atoms with E-state index in [1.165, 1.54) is 0 Å². The number of carbonyl (C=O) groups is 2. The van der Waals surface area contributed by atoms with Gasteiger partial charge in [-0.1, -0.05) is 34.6 Å². The first-order chi connectivity index (χ1) is 8.64. The van der Waals surface area contributed by atoms with Crippen molar-refractivity contribution >= 4 is 11.8 Å². The first-order valence-electron chi connectivity index (χ1n) is 7.25. The van der Waals surface area contributed by atoms with Crippen LogP contribution in [-0.2, 0) is 9.59 Å². The third kappa shape index (κ3) is 3.95. The van der Waals surface area contributed by atoms with Crippen molar-refractivity contribution in [1.29, 1.82) is 0 Å². The van der Waals surface area contributed by atoms with E-state index in [2.05, 4.69) is 19.2 Å². The van der Waals surface area contributed by atoms with Crippen molar-refractivity contribution in [2.45, 2.75) is 66.5 Å². The lowest BCUT2D eigenvalue weighted by Crippen LogP contribution is -2.66. The van der Waals surface area contributed by atoms with Crippen LogP contribution < -0.4 is 5.32 Å². The molecule has 0 aromatic carbocycles. The Bertz CT molecular complexity index is 345. The van der Waals surface area contributed by atoms with Crippen molar-refractivity contribution in [3.05, 3.63) is 0 Å². The maximum absolute atomic E-state index is 12.3. The van der Waals surface area contributed by atoms with Gasteiger partial charge in [-0.2, -0.15) is 0 Å². The highest BCUT2D eigenvalue weighted by molar-refractivity contribution is 5.97. The zero-order valence-electron chi connectivity index (χ0n) is 13.1. The molecule has 1 heterocycles. The maximum Gasteiger partial charge on any atom is 0.245 e. The van der Waals surface area contributed by atoms with Gasteiger partial charge in [-0.25, -0.2) is 0 Å². The molecule has 0 spiro atoms. The number of hydrogen-bond acceptors (Lipinski definition) is 2. The number of nitrogens with zero attached hydrogens (tertiary/aromatic N) is 1. The molecule has 1 rings (SSSR count). The molecule has 19 heavy (non-hydrogen) atoms. The quantitative estimate of drug-likeness (QED) is 0.849. The molecule has 0 aromatic heterocycles. The minimum absolute atomic E-state index is 0.0239. The second-order valence-electron chi connectivity index (χ2n) is 7.07. The van der Waals surface area contributed by atoms with Crippen molar-refractivity contribution in [2.75, 3.05) is 6.54 Å². The molecule has 1 fully saturated rings. The van der Waals surface area contributed by atoms with E-state index in [0.29, 0.717) is 12.5 Å². The van der Waals surface area contributed by atoms with Gasteiger partial charge in [-0.3, -0.25) is 9.59 Å². The van der Waals surface area contributed by atoms with Crippen molar-refractivity contribution in [3.8, 4) is 0 Å². The fourth-order valence-corrected chi connectivity index (χ4v) is 2.64. The number of rotatable bonds is 4. The van der Waals surface area contributed by atoms with E-state index in [-0.39, 0.29) is 23.3 Å². The summed E-state index contributed by atoms with van der Waals surface area (Å²) in [5, 5.41) is 2.78. The molecule has 0 radical (unpaired) electrons. The van der Waals surface area contributed by atoms with Crippen molar-refractivity contribution in [1.82, 2.24) is 10.2 Å². The predicted octanol–water partition coefficient (Wildman–Crippen LogP) is 2.18. The summed E-state index contributed by atoms with van der Waals surface area (Å²) in [6, 6.07) is -0.756. The van der Waals surface area contributed by atoms with Gasteiger partial charge < -0.3 is 10.2 Å². The van der Waals surface area contributed by atoms with Gasteiger partial charge in [0.2, 0.25) is 11.8 Å². The lowest BCUT2D eigenvalue weighted by molar-refractivity contribution is -0.153. The third-order valence-corrected chi connectivity index (χ3v) is 3.57. The number of piperazine rings is 1. The van der Waals surface area contributed by atoms with Gasteiger partial charge in [-0.15, -0.1) is 0 Å². The molecule has 4 nitrogen and oxygen atoms in total. The Balaban J connectivity index is 2.84. The van der Waals surface area contributed by atoms with Crippen LogP contribution in [0.4, 0.5) is 0 Å². The van der Waals surface area contributed by atoms with Crippen LogP contribution >= 0.6 is 0 Å². The third-order valence-electron chi connectivity index (χ3n) is 3.57. The molecule has 0 aromatic rings. The van der Waals surface area contributed by atoms with E-state index in [1.807, 2.05) is 20.8 Å². The predicted molar refractivity (Wildman–Crippen MR) is 76.6 cm³/mol. The Morgan fingerprint density at radius 3 is 2.32 bits per heavy atom. The van der Waals surface area contributed by atoms with Crippen LogP contribution in [0.5, 0.6) is 0 Å². The van der Waals surface area contributed by atoms with E-state index in [0.717, 1.165) is 12.8 Å². The van der Waals surface area contributed by atoms with E-state index in [1.54, 1.807) is 11.8 Å². The molecule has 0 bridgehead atoms. The average molecular weight is 268 g/mol. The molecule has 110 valence electrons. The van der Waals surface area contributed by atoms with Gasteiger partial charge in [-0.05, 0) is 31.1 Å². The Kier molecular flexibility index (Phi) is 4.99. The van der Waals surface area contributed by atoms with Crippen molar-refractivity contribution in [2.24, 2.45) is 11.3 Å². The molecule has 0 aliphatic carbocycles. The second-order valence-corrected chi connectivity index (χ2v) is 7.07. The standard InChI is InChI=1S/C15H28N2O2/c1-10(2)8-7-9-17-12(15(4,5)6)13(18)16-11(3)14(17)19/h10-12H,7-9H2,1-6H3,(H,16,18). The normalized spacial score (nSPS) is 24.9. The summed E-state index contributed by atoms with van der Waals surface area (Å²) < 4.78 is 0. The first kappa shape index (κ1) is 16.0. The van der Waals surface area contributed by atoms with Crippen molar-refractivity contribution in [3.63, 3.8) is 0 Å². The summed E-state index contributed by atoms with van der Waals surface area (Å²) in [7, 11) is 0. The summed E-state index contributed by atoms with van der Waals surface area (Å²) in [6.45, 7) is 12.8. The van der Waals surface area contributed by atoms with Crippen LogP contribution in [0.15, 0.2) is 0 Å². The molecule has 1 saturated heterocycles. The Labute approximate surface area is 116 Å². The van der Waals surface area contributed by atoms with Gasteiger partial charge in [0, 0.05) is 6.54 Å². The lowest BCUT2D eigenvalue weighted by atomic mass is 9.83. The lowest BCUT2D eigenvalue weighted by Gasteiger charge is -2.44. The van der Waals surface area contributed by atoms with Gasteiger partial charge in [0.05, 0.1) is 0 Å². The van der Waals surface area contributed by atoms with Gasteiger partial charge in [0.15, 0.2) is 0 Å². The molecule has 2 atom stereocenters. The molecule has 1 aliphatic heterocycles. The monoisotopic (exact) mass is 268 g/mol. The molecule has 4 heteroatoms. The van der Waals surface area contributed by atoms with E-state index in [4.69, 9.17) is 0 Å². The Hall–Kier alpha value is -1.06. The molecule has 2 amide bonds. The number of nitrogens with one attached hydrogen (secondary N) is 1. The van der Waals surface area contributed by atoms with Gasteiger partial charge >= 0.3 is 0 Å². The van der Waals surface area contributed by atoms with Crippen LogP contribution in [0.1, 0.15) is 54.4 Å². The zero-order chi connectivity index (χ0) is 14.8. The molecule has 1 N–H and O–H groups in total. The zero-order valence-corrected chi connectivity index (χ0v) is 13.1. The van der Waals surface area contributed by atoms with E-state index < -0.39 is 6.04 Å². The summed E-state index contributed by atoms with van der Waals surface area (Å²) in [6.07, 6.45) is 2.03. The summed E-state index contributed by atoms with van der Waals surface area (Å²) >= 11 is 0. The summed E-state index contributed by atoms with van der Waals surface area (Å²) in [5.41, 5.74) is -0.238. The molecule has 2 unspecified atom stereocenters. The smallest absolute Gasteiger partial charge is 0.245 e. The fourth-order valence-electron chi connectivity index (χ4n) is 2.64. The minimum Gasteiger partial charge on any atom is -0.343 e.